The minimum Gasteiger partial charge on any atom is -0.361 e. The maximum atomic E-state index is 12.9. The highest BCUT2D eigenvalue weighted by molar-refractivity contribution is 6.30. The molecule has 0 saturated carbocycles. The number of para-hydroxylation sites is 1. The van der Waals surface area contributed by atoms with Gasteiger partial charge in [-0.3, -0.25) is 9.59 Å². The molecule has 0 radical (unpaired) electrons. The fourth-order valence-corrected chi connectivity index (χ4v) is 3.54. The summed E-state index contributed by atoms with van der Waals surface area (Å²) in [5.74, 6) is -0.707. The highest BCUT2D eigenvalue weighted by Gasteiger charge is 2.15. The van der Waals surface area contributed by atoms with Crippen LogP contribution < -0.4 is 10.6 Å². The van der Waals surface area contributed by atoms with E-state index < -0.39 is 0 Å². The van der Waals surface area contributed by atoms with E-state index in [0.717, 1.165) is 22.0 Å². The molecule has 1 heterocycles. The first-order valence-electron chi connectivity index (χ1n) is 10.3. The number of aromatic amines is 1. The second-order valence-electron chi connectivity index (χ2n) is 7.30. The van der Waals surface area contributed by atoms with Crippen molar-refractivity contribution in [2.75, 3.05) is 6.54 Å². The van der Waals surface area contributed by atoms with E-state index in [0.29, 0.717) is 23.6 Å². The number of H-pyrrole nitrogens is 1. The Kier molecular flexibility index (Phi) is 6.68. The zero-order valence-electron chi connectivity index (χ0n) is 17.3. The maximum absolute atomic E-state index is 12.9. The average molecular weight is 444 g/mol. The summed E-state index contributed by atoms with van der Waals surface area (Å²) in [7, 11) is 0. The number of hydrogen-bond acceptors (Lipinski definition) is 2. The smallest absolute Gasteiger partial charge is 0.267 e. The van der Waals surface area contributed by atoms with Gasteiger partial charge in [-0.2, -0.15) is 0 Å². The number of amides is 2. The molecule has 2 amide bonds. The summed E-state index contributed by atoms with van der Waals surface area (Å²) in [6, 6.07) is 23.9. The van der Waals surface area contributed by atoms with Crippen molar-refractivity contribution in [3.63, 3.8) is 0 Å². The third-order valence-corrected chi connectivity index (χ3v) is 5.32. The summed E-state index contributed by atoms with van der Waals surface area (Å²) in [5.41, 5.74) is 3.58. The number of aromatic nitrogens is 1. The molecule has 0 saturated heterocycles. The van der Waals surface area contributed by atoms with Crippen LogP contribution in [0.3, 0.4) is 0 Å². The molecule has 5 nitrogen and oxygen atoms in total. The van der Waals surface area contributed by atoms with Gasteiger partial charge in [-0.25, -0.2) is 0 Å². The largest absolute Gasteiger partial charge is 0.361 e. The Morgan fingerprint density at radius 1 is 0.906 bits per heavy atom. The van der Waals surface area contributed by atoms with Crippen molar-refractivity contribution in [1.82, 2.24) is 15.6 Å². The monoisotopic (exact) mass is 443 g/mol. The third kappa shape index (κ3) is 5.25. The Morgan fingerprint density at radius 2 is 1.62 bits per heavy atom. The normalized spacial score (nSPS) is 11.3. The van der Waals surface area contributed by atoms with Gasteiger partial charge in [0.2, 0.25) is 0 Å². The minimum atomic E-state index is -0.357. The van der Waals surface area contributed by atoms with Crippen LogP contribution in [0.15, 0.2) is 90.8 Å². The van der Waals surface area contributed by atoms with Gasteiger partial charge < -0.3 is 15.6 Å². The van der Waals surface area contributed by atoms with Gasteiger partial charge in [-0.05, 0) is 54.0 Å². The third-order valence-electron chi connectivity index (χ3n) is 5.06. The molecule has 32 heavy (non-hydrogen) atoms. The Hall–Kier alpha value is -3.83. The fourth-order valence-electron chi connectivity index (χ4n) is 3.41. The van der Waals surface area contributed by atoms with E-state index in [2.05, 4.69) is 21.7 Å². The molecule has 0 unspecified atom stereocenters. The molecule has 0 aliphatic carbocycles. The van der Waals surface area contributed by atoms with Crippen molar-refractivity contribution in [3.8, 4) is 0 Å². The van der Waals surface area contributed by atoms with Crippen molar-refractivity contribution in [1.29, 1.82) is 0 Å². The van der Waals surface area contributed by atoms with Gasteiger partial charge in [0.1, 0.15) is 5.70 Å². The van der Waals surface area contributed by atoms with Crippen molar-refractivity contribution < 1.29 is 9.59 Å². The summed E-state index contributed by atoms with van der Waals surface area (Å²) in [5, 5.41) is 7.39. The number of nitrogens with one attached hydrogen (secondary N) is 3. The Labute approximate surface area is 191 Å². The van der Waals surface area contributed by atoms with Crippen LogP contribution in [-0.4, -0.2) is 23.3 Å². The Bertz CT molecular complexity index is 1260. The van der Waals surface area contributed by atoms with Crippen LogP contribution >= 0.6 is 11.6 Å². The lowest BCUT2D eigenvalue weighted by molar-refractivity contribution is -0.117. The van der Waals surface area contributed by atoms with Crippen LogP contribution in [0.25, 0.3) is 17.0 Å². The maximum Gasteiger partial charge on any atom is 0.267 e. The van der Waals surface area contributed by atoms with E-state index in [1.165, 1.54) is 0 Å². The molecular weight excluding hydrogens is 422 g/mol. The van der Waals surface area contributed by atoms with Crippen molar-refractivity contribution >= 4 is 40.4 Å². The van der Waals surface area contributed by atoms with E-state index in [-0.39, 0.29) is 17.5 Å². The van der Waals surface area contributed by atoms with Crippen LogP contribution in [0.4, 0.5) is 0 Å². The van der Waals surface area contributed by atoms with Gasteiger partial charge in [-0.15, -0.1) is 0 Å². The van der Waals surface area contributed by atoms with Gasteiger partial charge in [-0.1, -0.05) is 60.1 Å². The molecule has 0 aliphatic rings. The first kappa shape index (κ1) is 21.4. The first-order chi connectivity index (χ1) is 15.6. The van der Waals surface area contributed by atoms with Gasteiger partial charge in [0.25, 0.3) is 11.8 Å². The predicted molar refractivity (Wildman–Crippen MR) is 128 cm³/mol. The Balaban J connectivity index is 1.48. The second kappa shape index (κ2) is 9.98. The fraction of sp³-hybridized carbons (Fsp3) is 0.0769. The van der Waals surface area contributed by atoms with Gasteiger partial charge >= 0.3 is 0 Å². The molecule has 0 spiro atoms. The topological polar surface area (TPSA) is 74.0 Å². The van der Waals surface area contributed by atoms with Gasteiger partial charge in [0.05, 0.1) is 0 Å². The van der Waals surface area contributed by atoms with Gasteiger partial charge in [0.15, 0.2) is 0 Å². The van der Waals surface area contributed by atoms with Crippen LogP contribution in [-0.2, 0) is 11.2 Å². The number of hydrogen-bond donors (Lipinski definition) is 3. The SMILES string of the molecule is O=C(NCCc1c[nH]c2ccccc12)/C(=C\c1ccc(Cl)cc1)NC(=O)c1ccccc1. The molecule has 3 aromatic carbocycles. The van der Waals surface area contributed by atoms with E-state index in [4.69, 9.17) is 11.6 Å². The quantitative estimate of drug-likeness (QED) is 0.353. The molecule has 0 atom stereocenters. The second-order valence-corrected chi connectivity index (χ2v) is 7.73. The number of carbonyl (C=O) groups is 2. The van der Waals surface area contributed by atoms with Crippen LogP contribution in [0.1, 0.15) is 21.5 Å². The lowest BCUT2D eigenvalue weighted by Gasteiger charge is -2.11. The molecule has 4 rings (SSSR count). The summed E-state index contributed by atoms with van der Waals surface area (Å²) in [4.78, 5) is 28.8. The number of rotatable bonds is 7. The Morgan fingerprint density at radius 3 is 2.41 bits per heavy atom. The zero-order chi connectivity index (χ0) is 22.3. The van der Waals surface area contributed by atoms with E-state index in [1.54, 1.807) is 54.6 Å². The molecule has 0 fully saturated rings. The molecule has 3 N–H and O–H groups in total. The molecular formula is C26H22ClN3O2. The number of fused-ring (bicyclic) bond motifs is 1. The molecule has 160 valence electrons. The lowest BCUT2D eigenvalue weighted by Crippen LogP contribution is -2.35. The van der Waals surface area contributed by atoms with Gasteiger partial charge in [0, 0.05) is 34.2 Å². The number of carbonyl (C=O) groups excluding carboxylic acids is 2. The summed E-state index contributed by atoms with van der Waals surface area (Å²) < 4.78 is 0. The van der Waals surface area contributed by atoms with E-state index >= 15 is 0 Å². The van der Waals surface area contributed by atoms with E-state index in [9.17, 15) is 9.59 Å². The highest BCUT2D eigenvalue weighted by Crippen LogP contribution is 2.18. The molecule has 1 aromatic heterocycles. The molecule has 6 heteroatoms. The summed E-state index contributed by atoms with van der Waals surface area (Å²) >= 11 is 5.96. The van der Waals surface area contributed by atoms with Crippen molar-refractivity contribution in [2.45, 2.75) is 6.42 Å². The average Bonchev–Trinajstić information content (AvgIpc) is 3.23. The number of halogens is 1. The van der Waals surface area contributed by atoms with Crippen LogP contribution in [0, 0.1) is 0 Å². The lowest BCUT2D eigenvalue weighted by atomic mass is 10.1. The standard InChI is InChI=1S/C26H22ClN3O2/c27-21-12-10-18(11-13-21)16-24(30-25(31)19-6-2-1-3-7-19)26(32)28-15-14-20-17-29-23-9-5-4-8-22(20)23/h1-13,16-17,29H,14-15H2,(H,28,32)(H,30,31)/b24-16+. The zero-order valence-corrected chi connectivity index (χ0v) is 18.0. The van der Waals surface area contributed by atoms with Crippen LogP contribution in [0.5, 0.6) is 0 Å². The summed E-state index contributed by atoms with van der Waals surface area (Å²) in [6.07, 6.45) is 4.26. The first-order valence-corrected chi connectivity index (χ1v) is 10.6. The minimum absolute atomic E-state index is 0.167. The molecule has 4 aromatic rings. The highest BCUT2D eigenvalue weighted by atomic mass is 35.5. The van der Waals surface area contributed by atoms with Crippen LogP contribution in [0.2, 0.25) is 5.02 Å². The molecule has 0 bridgehead atoms. The van der Waals surface area contributed by atoms with Crippen molar-refractivity contribution in [2.24, 2.45) is 0 Å². The number of benzene rings is 3. The predicted octanol–water partition coefficient (Wildman–Crippen LogP) is 4.95. The van der Waals surface area contributed by atoms with E-state index in [1.807, 2.05) is 30.5 Å². The molecule has 0 aliphatic heterocycles. The summed E-state index contributed by atoms with van der Waals surface area (Å²) in [6.45, 7) is 0.430. The van der Waals surface area contributed by atoms with Crippen molar-refractivity contribution in [3.05, 3.63) is 112 Å².